The molecule has 2 rings (SSSR count). The molecule has 0 aliphatic carbocycles. The second-order valence-electron chi connectivity index (χ2n) is 3.16. The fourth-order valence-electron chi connectivity index (χ4n) is 1.30. The van der Waals surface area contributed by atoms with Crippen molar-refractivity contribution in [3.8, 4) is 5.75 Å². The molecular weight excluding hydrogens is 272 g/mol. The molecule has 0 spiro atoms. The molecule has 0 amide bonds. The number of hydrogen-bond acceptors (Lipinski definition) is 4. The van der Waals surface area contributed by atoms with Gasteiger partial charge in [-0.25, -0.2) is 10.1 Å². The first-order valence-corrected chi connectivity index (χ1v) is 5.50. The molecule has 0 fully saturated rings. The van der Waals surface area contributed by atoms with Gasteiger partial charge >= 0.3 is 0 Å². The summed E-state index contributed by atoms with van der Waals surface area (Å²) in [5.41, 5.74) is 1.13. The number of ether oxygens (including phenoxy) is 1. The molecule has 0 radical (unpaired) electrons. The lowest BCUT2D eigenvalue weighted by atomic mass is 10.2. The van der Waals surface area contributed by atoms with Gasteiger partial charge in [-0.2, -0.15) is 5.10 Å². The zero-order valence-electron chi connectivity index (χ0n) is 8.70. The molecule has 0 atom stereocenters. The first-order valence-electron chi connectivity index (χ1n) is 4.71. The number of hydrogen-bond donors (Lipinski definition) is 2. The lowest BCUT2D eigenvalue weighted by Gasteiger charge is -2.06. The van der Waals surface area contributed by atoms with Gasteiger partial charge in [0.15, 0.2) is 0 Å². The zero-order valence-corrected chi connectivity index (χ0v) is 10.3. The number of methoxy groups -OCH3 is 1. The van der Waals surface area contributed by atoms with E-state index >= 15 is 0 Å². The lowest BCUT2D eigenvalue weighted by molar-refractivity contribution is 0.412. The van der Waals surface area contributed by atoms with Crippen molar-refractivity contribution in [2.45, 2.75) is 6.54 Å². The van der Waals surface area contributed by atoms with Crippen molar-refractivity contribution < 1.29 is 4.74 Å². The Morgan fingerprint density at radius 1 is 1.50 bits per heavy atom. The van der Waals surface area contributed by atoms with E-state index in [9.17, 15) is 0 Å². The third-order valence-corrected chi connectivity index (χ3v) is 2.71. The first kappa shape index (κ1) is 10.9. The van der Waals surface area contributed by atoms with Gasteiger partial charge in [-0.1, -0.05) is 6.07 Å². The normalized spacial score (nSPS) is 10.1. The summed E-state index contributed by atoms with van der Waals surface area (Å²) >= 11 is 3.44. The van der Waals surface area contributed by atoms with Crippen molar-refractivity contribution in [3.63, 3.8) is 0 Å². The number of anilines is 1. The van der Waals surface area contributed by atoms with Crippen LogP contribution in [0.1, 0.15) is 5.56 Å². The molecule has 0 saturated carbocycles. The molecule has 2 aromatic rings. The molecular formula is C10H11BrN4O. The second kappa shape index (κ2) is 4.98. The van der Waals surface area contributed by atoms with Gasteiger partial charge in [0.1, 0.15) is 12.1 Å². The highest BCUT2D eigenvalue weighted by Crippen LogP contribution is 2.25. The number of rotatable bonds is 4. The molecule has 1 heterocycles. The summed E-state index contributed by atoms with van der Waals surface area (Å²) in [6, 6.07) is 5.91. The van der Waals surface area contributed by atoms with Gasteiger partial charge in [0.25, 0.3) is 0 Å². The number of nitrogens with zero attached hydrogens (tertiary/aromatic N) is 2. The van der Waals surface area contributed by atoms with E-state index in [0.717, 1.165) is 15.8 Å². The molecule has 1 aromatic carbocycles. The van der Waals surface area contributed by atoms with Gasteiger partial charge in [-0.15, -0.1) is 0 Å². The molecule has 0 bridgehead atoms. The van der Waals surface area contributed by atoms with Crippen molar-refractivity contribution in [1.82, 2.24) is 15.2 Å². The molecule has 2 N–H and O–H groups in total. The quantitative estimate of drug-likeness (QED) is 0.902. The predicted molar refractivity (Wildman–Crippen MR) is 64.4 cm³/mol. The highest BCUT2D eigenvalue weighted by Gasteiger charge is 2.01. The van der Waals surface area contributed by atoms with E-state index in [2.05, 4.69) is 36.4 Å². The van der Waals surface area contributed by atoms with Crippen molar-refractivity contribution in [2.75, 3.05) is 12.4 Å². The van der Waals surface area contributed by atoms with Crippen LogP contribution in [0, 0.1) is 0 Å². The maximum absolute atomic E-state index is 5.15. The molecule has 5 nitrogen and oxygen atoms in total. The van der Waals surface area contributed by atoms with Crippen molar-refractivity contribution in [3.05, 3.63) is 34.6 Å². The molecule has 1 aromatic heterocycles. The Balaban J connectivity index is 2.02. The standard InChI is InChI=1S/C10H11BrN4O/c1-16-9-3-2-7(4-8(9)11)5-12-10-13-6-14-15-10/h2-4,6H,5H2,1H3,(H2,12,13,14,15). The monoisotopic (exact) mass is 282 g/mol. The molecule has 0 unspecified atom stereocenters. The minimum atomic E-state index is 0.659. The van der Waals surface area contributed by atoms with Gasteiger partial charge in [-0.05, 0) is 33.6 Å². The Hall–Kier alpha value is -1.56. The summed E-state index contributed by atoms with van der Waals surface area (Å²) in [6.07, 6.45) is 1.46. The smallest absolute Gasteiger partial charge is 0.218 e. The minimum absolute atomic E-state index is 0.659. The zero-order chi connectivity index (χ0) is 11.4. The Morgan fingerprint density at radius 2 is 2.38 bits per heavy atom. The Kier molecular flexibility index (Phi) is 3.40. The van der Waals surface area contributed by atoms with Crippen LogP contribution in [0.2, 0.25) is 0 Å². The predicted octanol–water partition coefficient (Wildman–Crippen LogP) is 2.19. The van der Waals surface area contributed by atoms with Gasteiger partial charge < -0.3 is 10.1 Å². The molecule has 84 valence electrons. The largest absolute Gasteiger partial charge is 0.496 e. The summed E-state index contributed by atoms with van der Waals surface area (Å²) in [5, 5.41) is 9.60. The van der Waals surface area contributed by atoms with Crippen LogP contribution in [0.25, 0.3) is 0 Å². The first-order chi connectivity index (χ1) is 7.79. The van der Waals surface area contributed by atoms with E-state index in [1.165, 1.54) is 6.33 Å². The van der Waals surface area contributed by atoms with Gasteiger partial charge in [-0.3, -0.25) is 0 Å². The van der Waals surface area contributed by atoms with Crippen LogP contribution in [-0.4, -0.2) is 22.3 Å². The lowest BCUT2D eigenvalue weighted by Crippen LogP contribution is -2.01. The number of aromatic nitrogens is 3. The Bertz CT molecular complexity index is 458. The number of halogens is 1. The van der Waals surface area contributed by atoms with Gasteiger partial charge in [0.2, 0.25) is 5.95 Å². The maximum Gasteiger partial charge on any atom is 0.218 e. The third-order valence-electron chi connectivity index (χ3n) is 2.09. The van der Waals surface area contributed by atoms with Crippen molar-refractivity contribution in [2.24, 2.45) is 0 Å². The number of benzene rings is 1. The topological polar surface area (TPSA) is 62.8 Å². The van der Waals surface area contributed by atoms with E-state index in [1.54, 1.807) is 7.11 Å². The van der Waals surface area contributed by atoms with Crippen LogP contribution in [0.15, 0.2) is 29.0 Å². The SMILES string of the molecule is COc1ccc(CNc2ncn[nH]2)cc1Br. The van der Waals surface area contributed by atoms with E-state index in [0.29, 0.717) is 12.5 Å². The van der Waals surface area contributed by atoms with Crippen LogP contribution < -0.4 is 10.1 Å². The Labute approximate surface area is 101 Å². The van der Waals surface area contributed by atoms with E-state index in [4.69, 9.17) is 4.74 Å². The summed E-state index contributed by atoms with van der Waals surface area (Å²) in [6.45, 7) is 0.678. The molecule has 16 heavy (non-hydrogen) atoms. The number of nitrogens with one attached hydrogen (secondary N) is 2. The molecule has 0 saturated heterocycles. The third kappa shape index (κ3) is 2.52. The fraction of sp³-hybridized carbons (Fsp3) is 0.200. The van der Waals surface area contributed by atoms with Gasteiger partial charge in [0.05, 0.1) is 11.6 Å². The minimum Gasteiger partial charge on any atom is -0.496 e. The van der Waals surface area contributed by atoms with Crippen LogP contribution >= 0.6 is 15.9 Å². The summed E-state index contributed by atoms with van der Waals surface area (Å²) < 4.78 is 6.09. The average Bonchev–Trinajstić information content (AvgIpc) is 2.79. The molecule has 0 aliphatic rings. The van der Waals surface area contributed by atoms with E-state index < -0.39 is 0 Å². The van der Waals surface area contributed by atoms with E-state index in [1.807, 2.05) is 18.2 Å². The Morgan fingerprint density at radius 3 is 3.00 bits per heavy atom. The van der Waals surface area contributed by atoms with E-state index in [-0.39, 0.29) is 0 Å². The second-order valence-corrected chi connectivity index (χ2v) is 4.01. The van der Waals surface area contributed by atoms with Crippen LogP contribution in [0.3, 0.4) is 0 Å². The van der Waals surface area contributed by atoms with Gasteiger partial charge in [0, 0.05) is 6.54 Å². The summed E-state index contributed by atoms with van der Waals surface area (Å²) in [7, 11) is 1.65. The van der Waals surface area contributed by atoms with Crippen molar-refractivity contribution >= 4 is 21.9 Å². The number of H-pyrrole nitrogens is 1. The highest BCUT2D eigenvalue weighted by atomic mass is 79.9. The number of aromatic amines is 1. The fourth-order valence-corrected chi connectivity index (χ4v) is 1.88. The maximum atomic E-state index is 5.15. The highest BCUT2D eigenvalue weighted by molar-refractivity contribution is 9.10. The van der Waals surface area contributed by atoms with Crippen molar-refractivity contribution in [1.29, 1.82) is 0 Å². The van der Waals surface area contributed by atoms with Crippen LogP contribution in [0.4, 0.5) is 5.95 Å². The summed E-state index contributed by atoms with van der Waals surface area (Å²) in [5.74, 6) is 1.48. The average molecular weight is 283 g/mol. The summed E-state index contributed by atoms with van der Waals surface area (Å²) in [4.78, 5) is 3.97. The van der Waals surface area contributed by atoms with Crippen LogP contribution in [0.5, 0.6) is 5.75 Å². The van der Waals surface area contributed by atoms with Crippen LogP contribution in [-0.2, 0) is 6.54 Å². The molecule has 6 heteroatoms. The molecule has 0 aliphatic heterocycles.